The lowest BCUT2D eigenvalue weighted by Crippen LogP contribution is -1.82. The number of nitrogens with zero attached hydrogens (tertiary/aromatic N) is 8. The maximum Gasteiger partial charge on any atom is 0.148 e. The van der Waals surface area contributed by atoms with Crippen LogP contribution in [-0.2, 0) is 0 Å². The van der Waals surface area contributed by atoms with Crippen LogP contribution in [0.5, 0.6) is 23.0 Å². The monoisotopic (exact) mass is 642 g/mol. The van der Waals surface area contributed by atoms with Gasteiger partial charge >= 0.3 is 0 Å². The van der Waals surface area contributed by atoms with Gasteiger partial charge in [-0.15, -0.1) is 20.5 Å². The van der Waals surface area contributed by atoms with Crippen molar-refractivity contribution < 1.29 is 19.7 Å². The second-order valence-electron chi connectivity index (χ2n) is 10.9. The lowest BCUT2D eigenvalue weighted by atomic mass is 10.1. The van der Waals surface area contributed by atoms with Gasteiger partial charge in [-0.25, -0.2) is 0 Å². The van der Waals surface area contributed by atoms with Gasteiger partial charge < -0.3 is 19.7 Å². The molecule has 5 aromatic rings. The fraction of sp³-hybridized carbons (Fsp3) is 0.167. The van der Waals surface area contributed by atoms with E-state index in [2.05, 4.69) is 40.9 Å². The quantitative estimate of drug-likeness (QED) is 0.145. The maximum absolute atomic E-state index is 10.5. The Balaban J connectivity index is 1.34. The van der Waals surface area contributed by atoms with E-state index in [9.17, 15) is 10.2 Å². The molecular weight excluding hydrogens is 608 g/mol. The molecule has 0 saturated heterocycles. The SMILES string of the molecule is COc1ccccc1N=Nc1cc(C)c(N=Nc2cc(N=Nc3ccc(N=Nc4ccc(C)cc4C)cc3OC)c(O)cc2O)cc1C. The van der Waals surface area contributed by atoms with Gasteiger partial charge in [-0.1, -0.05) is 29.8 Å². The lowest BCUT2D eigenvalue weighted by molar-refractivity contribution is 0.416. The smallest absolute Gasteiger partial charge is 0.148 e. The van der Waals surface area contributed by atoms with Gasteiger partial charge in [0.25, 0.3) is 0 Å². The number of hydrogen-bond donors (Lipinski definition) is 2. The Morgan fingerprint density at radius 1 is 0.417 bits per heavy atom. The molecule has 0 atom stereocenters. The largest absolute Gasteiger partial charge is 0.505 e. The van der Waals surface area contributed by atoms with Crippen LogP contribution < -0.4 is 9.47 Å². The second kappa shape index (κ2) is 14.9. The van der Waals surface area contributed by atoms with E-state index in [1.807, 2.05) is 82.3 Å². The van der Waals surface area contributed by atoms with Crippen LogP contribution in [0.25, 0.3) is 0 Å². The summed E-state index contributed by atoms with van der Waals surface area (Å²) in [6.07, 6.45) is 0. The van der Waals surface area contributed by atoms with Gasteiger partial charge in [-0.3, -0.25) is 0 Å². The number of phenolic OH excluding ortho intramolecular Hbond substituents is 2. The molecule has 5 aromatic carbocycles. The van der Waals surface area contributed by atoms with Crippen molar-refractivity contribution in [3.8, 4) is 23.0 Å². The highest BCUT2D eigenvalue weighted by atomic mass is 16.5. The third-order valence-electron chi connectivity index (χ3n) is 7.26. The number of hydrogen-bond acceptors (Lipinski definition) is 12. The molecule has 48 heavy (non-hydrogen) atoms. The molecule has 0 aliphatic heterocycles. The van der Waals surface area contributed by atoms with Crippen molar-refractivity contribution in [3.63, 3.8) is 0 Å². The number of ether oxygens (including phenoxy) is 2. The van der Waals surface area contributed by atoms with Crippen LogP contribution >= 0.6 is 0 Å². The van der Waals surface area contributed by atoms with E-state index in [1.165, 1.54) is 13.2 Å². The molecule has 0 radical (unpaired) electrons. The van der Waals surface area contributed by atoms with Gasteiger partial charge in [0, 0.05) is 18.2 Å². The van der Waals surface area contributed by atoms with E-state index < -0.39 is 0 Å². The van der Waals surface area contributed by atoms with Crippen molar-refractivity contribution in [1.29, 1.82) is 0 Å². The fourth-order valence-electron chi connectivity index (χ4n) is 4.59. The Bertz CT molecular complexity index is 2090. The Labute approximate surface area is 277 Å². The summed E-state index contributed by atoms with van der Waals surface area (Å²) in [5.74, 6) is 0.469. The van der Waals surface area contributed by atoms with Gasteiger partial charge in [-0.05, 0) is 86.8 Å². The van der Waals surface area contributed by atoms with Crippen LogP contribution in [-0.4, -0.2) is 24.4 Å². The first kappa shape index (κ1) is 33.1. The average molecular weight is 643 g/mol. The van der Waals surface area contributed by atoms with E-state index in [-0.39, 0.29) is 22.9 Å². The van der Waals surface area contributed by atoms with Crippen molar-refractivity contribution in [3.05, 3.63) is 107 Å². The molecule has 0 fully saturated rings. The number of benzene rings is 5. The first-order valence-corrected chi connectivity index (χ1v) is 14.9. The van der Waals surface area contributed by atoms with Crippen molar-refractivity contribution in [2.75, 3.05) is 14.2 Å². The maximum atomic E-state index is 10.5. The summed E-state index contributed by atoms with van der Waals surface area (Å²) >= 11 is 0. The summed E-state index contributed by atoms with van der Waals surface area (Å²) < 4.78 is 10.8. The van der Waals surface area contributed by atoms with E-state index >= 15 is 0 Å². The summed E-state index contributed by atoms with van der Waals surface area (Å²) in [7, 11) is 3.09. The minimum absolute atomic E-state index is 0.0717. The van der Waals surface area contributed by atoms with Crippen molar-refractivity contribution in [2.24, 2.45) is 40.9 Å². The highest BCUT2D eigenvalue weighted by molar-refractivity contribution is 5.67. The minimum atomic E-state index is -0.287. The Kier molecular flexibility index (Phi) is 10.2. The molecule has 12 nitrogen and oxygen atoms in total. The molecule has 0 unspecified atom stereocenters. The van der Waals surface area contributed by atoms with Gasteiger partial charge in [0.05, 0.1) is 37.0 Å². The Morgan fingerprint density at radius 3 is 1.52 bits per heavy atom. The van der Waals surface area contributed by atoms with E-state index in [4.69, 9.17) is 9.47 Å². The minimum Gasteiger partial charge on any atom is -0.505 e. The highest BCUT2D eigenvalue weighted by Gasteiger charge is 2.11. The number of phenols is 2. The summed E-state index contributed by atoms with van der Waals surface area (Å²) in [6.45, 7) is 7.77. The molecular formula is C36H34N8O4. The molecule has 12 heteroatoms. The molecule has 0 bridgehead atoms. The third kappa shape index (κ3) is 7.91. The molecule has 242 valence electrons. The zero-order valence-corrected chi connectivity index (χ0v) is 27.4. The van der Waals surface area contributed by atoms with Gasteiger partial charge in [0.2, 0.25) is 0 Å². The van der Waals surface area contributed by atoms with Gasteiger partial charge in [0.1, 0.15) is 45.7 Å². The fourth-order valence-corrected chi connectivity index (χ4v) is 4.59. The number of rotatable bonds is 10. The molecule has 5 rings (SSSR count). The van der Waals surface area contributed by atoms with Gasteiger partial charge in [-0.2, -0.15) is 20.5 Å². The van der Waals surface area contributed by atoms with Crippen molar-refractivity contribution in [2.45, 2.75) is 27.7 Å². The van der Waals surface area contributed by atoms with Crippen LogP contribution in [0, 0.1) is 27.7 Å². The first-order valence-electron chi connectivity index (χ1n) is 14.9. The zero-order chi connectivity index (χ0) is 34.2. The van der Waals surface area contributed by atoms with E-state index in [0.29, 0.717) is 39.9 Å². The van der Waals surface area contributed by atoms with Crippen LogP contribution in [0.15, 0.2) is 126 Å². The topological polar surface area (TPSA) is 158 Å². The van der Waals surface area contributed by atoms with Crippen molar-refractivity contribution >= 4 is 45.5 Å². The standard InChI is InChI=1S/C36H34N8O4/c1-21-11-13-26(22(2)15-21)38-37-25-12-14-28(36(18-25)48-6)40-43-31-19-32(34(46)20-33(31)45)44-42-30-17-23(3)29(16-24(30)4)41-39-27-9-7-8-10-35(27)47-5/h7-20,45-46H,1-6H3. The molecule has 0 spiro atoms. The number of aromatic hydroxyl groups is 2. The van der Waals surface area contributed by atoms with Crippen LogP contribution in [0.3, 0.4) is 0 Å². The zero-order valence-electron chi connectivity index (χ0n) is 27.4. The van der Waals surface area contributed by atoms with Crippen LogP contribution in [0.1, 0.15) is 22.3 Å². The lowest BCUT2D eigenvalue weighted by Gasteiger charge is -2.07. The van der Waals surface area contributed by atoms with Crippen molar-refractivity contribution in [1.82, 2.24) is 0 Å². The number of azo groups is 4. The van der Waals surface area contributed by atoms with Gasteiger partial charge in [0.15, 0.2) is 0 Å². The third-order valence-corrected chi connectivity index (χ3v) is 7.26. The Hall–Kier alpha value is -6.30. The Morgan fingerprint density at radius 2 is 0.917 bits per heavy atom. The summed E-state index contributed by atoms with van der Waals surface area (Å²) in [5.41, 5.74) is 7.54. The molecule has 2 N–H and O–H groups in total. The highest BCUT2D eigenvalue weighted by Crippen LogP contribution is 2.41. The predicted octanol–water partition coefficient (Wildman–Crippen LogP) is 12.0. The molecule has 0 amide bonds. The number of para-hydroxylation sites is 1. The molecule has 0 aromatic heterocycles. The first-order chi connectivity index (χ1) is 23.1. The number of methoxy groups -OCH3 is 2. The summed E-state index contributed by atoms with van der Waals surface area (Å²) in [4.78, 5) is 0. The van der Waals surface area contributed by atoms with Crippen LogP contribution in [0.4, 0.5) is 45.5 Å². The van der Waals surface area contributed by atoms with Crippen LogP contribution in [0.2, 0.25) is 0 Å². The van der Waals surface area contributed by atoms with E-state index in [0.717, 1.165) is 34.0 Å². The summed E-state index contributed by atoms with van der Waals surface area (Å²) in [6, 6.07) is 24.6. The van der Waals surface area contributed by atoms with E-state index in [1.54, 1.807) is 25.3 Å². The molecule has 0 aliphatic rings. The predicted molar refractivity (Wildman–Crippen MR) is 184 cm³/mol. The second-order valence-corrected chi connectivity index (χ2v) is 10.9. The molecule has 0 aliphatic carbocycles. The molecule has 0 heterocycles. The number of aryl methyl sites for hydroxylation is 4. The normalized spacial score (nSPS) is 11.8. The average Bonchev–Trinajstić information content (AvgIpc) is 3.07. The summed E-state index contributed by atoms with van der Waals surface area (Å²) in [5, 5.41) is 55.4. The molecule has 0 saturated carbocycles.